The molecule has 1 aliphatic rings. The molecule has 0 aromatic heterocycles. The Morgan fingerprint density at radius 3 is 2.15 bits per heavy atom. The molecule has 26 heavy (non-hydrogen) atoms. The van der Waals surface area contributed by atoms with Crippen molar-refractivity contribution < 1.29 is 28.6 Å². The number of hydrogen-bond donors (Lipinski definition) is 0. The molecule has 0 radical (unpaired) electrons. The Kier molecular flexibility index (Phi) is 6.07. The Hall–Kier alpha value is -2.77. The molecule has 1 heterocycles. The number of carbonyl (C=O) groups is 3. The lowest BCUT2D eigenvalue weighted by Gasteiger charge is -2.29. The van der Waals surface area contributed by atoms with Crippen molar-refractivity contribution in [2.24, 2.45) is 0 Å². The normalized spacial score (nSPS) is 17.0. The van der Waals surface area contributed by atoms with Crippen LogP contribution in [0.3, 0.4) is 0 Å². The molecule has 1 unspecified atom stereocenters. The van der Waals surface area contributed by atoms with Crippen LogP contribution < -0.4 is 0 Å². The SMILES string of the molecule is CC(=O)OC1CN(C(=O)OCc2ccccc2)N(C(=O)OC(C)(C)C)C1. The topological polar surface area (TPSA) is 85.4 Å². The maximum Gasteiger partial charge on any atom is 0.429 e. The number of ether oxygens (including phenoxy) is 3. The fraction of sp³-hybridized carbons (Fsp3) is 0.500. The predicted molar refractivity (Wildman–Crippen MR) is 91.8 cm³/mol. The lowest BCUT2D eigenvalue weighted by Crippen LogP contribution is -2.47. The molecule has 1 saturated heterocycles. The van der Waals surface area contributed by atoms with Gasteiger partial charge in [0.15, 0.2) is 0 Å². The van der Waals surface area contributed by atoms with E-state index in [4.69, 9.17) is 14.2 Å². The average Bonchev–Trinajstić information content (AvgIpc) is 2.95. The summed E-state index contributed by atoms with van der Waals surface area (Å²) in [6, 6.07) is 9.18. The summed E-state index contributed by atoms with van der Waals surface area (Å²) >= 11 is 0. The Morgan fingerprint density at radius 1 is 1.04 bits per heavy atom. The van der Waals surface area contributed by atoms with Crippen LogP contribution in [-0.2, 0) is 25.6 Å². The number of carbonyl (C=O) groups excluding carboxylic acids is 3. The highest BCUT2D eigenvalue weighted by Gasteiger charge is 2.41. The van der Waals surface area contributed by atoms with Gasteiger partial charge in [0.05, 0.1) is 13.1 Å². The first-order valence-electron chi connectivity index (χ1n) is 8.31. The number of hydrazine groups is 1. The zero-order chi connectivity index (χ0) is 19.3. The van der Waals surface area contributed by atoms with Crippen LogP contribution in [0, 0.1) is 0 Å². The average molecular weight is 364 g/mol. The van der Waals surface area contributed by atoms with Crippen LogP contribution in [0.25, 0.3) is 0 Å². The van der Waals surface area contributed by atoms with Crippen molar-refractivity contribution in [3.63, 3.8) is 0 Å². The Labute approximate surface area is 152 Å². The van der Waals surface area contributed by atoms with Crippen molar-refractivity contribution >= 4 is 18.2 Å². The first-order valence-corrected chi connectivity index (χ1v) is 8.31. The lowest BCUT2D eigenvalue weighted by molar-refractivity contribution is -0.145. The molecule has 1 fully saturated rings. The van der Waals surface area contributed by atoms with Gasteiger partial charge in [0.2, 0.25) is 0 Å². The number of rotatable bonds is 3. The number of esters is 1. The second-order valence-corrected chi connectivity index (χ2v) is 6.92. The minimum Gasteiger partial charge on any atom is -0.459 e. The molecule has 142 valence electrons. The van der Waals surface area contributed by atoms with Crippen molar-refractivity contribution in [2.45, 2.75) is 46.0 Å². The number of nitrogens with zero attached hydrogens (tertiary/aromatic N) is 2. The largest absolute Gasteiger partial charge is 0.459 e. The second kappa shape index (κ2) is 8.07. The summed E-state index contributed by atoms with van der Waals surface area (Å²) in [6.45, 7) is 6.56. The van der Waals surface area contributed by atoms with E-state index in [2.05, 4.69) is 0 Å². The lowest BCUT2D eigenvalue weighted by atomic mass is 10.2. The molecule has 2 amide bonds. The van der Waals surface area contributed by atoms with E-state index >= 15 is 0 Å². The summed E-state index contributed by atoms with van der Waals surface area (Å²) < 4.78 is 15.7. The van der Waals surface area contributed by atoms with E-state index in [0.29, 0.717) is 0 Å². The summed E-state index contributed by atoms with van der Waals surface area (Å²) in [4.78, 5) is 36.0. The Bertz CT molecular complexity index is 655. The van der Waals surface area contributed by atoms with Gasteiger partial charge in [-0.3, -0.25) is 4.79 Å². The minimum absolute atomic E-state index is 0.0203. The van der Waals surface area contributed by atoms with Crippen LogP contribution in [0.2, 0.25) is 0 Å². The van der Waals surface area contributed by atoms with Gasteiger partial charge in [-0.2, -0.15) is 0 Å². The smallest absolute Gasteiger partial charge is 0.429 e. The highest BCUT2D eigenvalue weighted by atomic mass is 16.6. The fourth-order valence-electron chi connectivity index (χ4n) is 2.40. The van der Waals surface area contributed by atoms with E-state index in [1.165, 1.54) is 6.92 Å². The summed E-state index contributed by atoms with van der Waals surface area (Å²) in [6.07, 6.45) is -2.05. The van der Waals surface area contributed by atoms with Gasteiger partial charge < -0.3 is 14.2 Å². The first-order chi connectivity index (χ1) is 12.2. The number of amides is 2. The number of hydrogen-bond acceptors (Lipinski definition) is 6. The number of benzene rings is 1. The van der Waals surface area contributed by atoms with Crippen molar-refractivity contribution in [1.29, 1.82) is 0 Å². The molecule has 0 N–H and O–H groups in total. The molecule has 0 aliphatic carbocycles. The zero-order valence-electron chi connectivity index (χ0n) is 15.4. The van der Waals surface area contributed by atoms with Crippen LogP contribution in [0.1, 0.15) is 33.3 Å². The predicted octanol–water partition coefficient (Wildman–Crippen LogP) is 2.72. The van der Waals surface area contributed by atoms with Gasteiger partial charge in [-0.25, -0.2) is 19.6 Å². The monoisotopic (exact) mass is 364 g/mol. The molecule has 0 spiro atoms. The van der Waals surface area contributed by atoms with Gasteiger partial charge >= 0.3 is 18.2 Å². The maximum atomic E-state index is 12.4. The minimum atomic E-state index is -0.726. The zero-order valence-corrected chi connectivity index (χ0v) is 15.4. The van der Waals surface area contributed by atoms with E-state index in [1.54, 1.807) is 20.8 Å². The fourth-order valence-corrected chi connectivity index (χ4v) is 2.40. The molecule has 0 bridgehead atoms. The highest BCUT2D eigenvalue weighted by molar-refractivity contribution is 5.75. The van der Waals surface area contributed by atoms with Gasteiger partial charge in [-0.15, -0.1) is 0 Å². The third-order valence-corrected chi connectivity index (χ3v) is 3.40. The summed E-state index contributed by atoms with van der Waals surface area (Å²) in [5, 5.41) is 2.21. The van der Waals surface area contributed by atoms with E-state index in [-0.39, 0.29) is 19.7 Å². The van der Waals surface area contributed by atoms with E-state index in [1.807, 2.05) is 30.3 Å². The van der Waals surface area contributed by atoms with Crippen LogP contribution in [0.15, 0.2) is 30.3 Å². The molecular formula is C18H24N2O6. The molecule has 1 atom stereocenters. The van der Waals surface area contributed by atoms with Gasteiger partial charge in [-0.05, 0) is 26.3 Å². The molecule has 8 heteroatoms. The molecule has 1 aromatic rings. The Morgan fingerprint density at radius 2 is 1.62 bits per heavy atom. The summed E-state index contributed by atoms with van der Waals surface area (Å²) in [5.74, 6) is -0.487. The molecule has 1 aromatic carbocycles. The van der Waals surface area contributed by atoms with Crippen molar-refractivity contribution in [1.82, 2.24) is 10.0 Å². The molecule has 2 rings (SSSR count). The van der Waals surface area contributed by atoms with E-state index in [9.17, 15) is 14.4 Å². The standard InChI is InChI=1S/C18H24N2O6/c1-13(21)25-15-10-19(20(11-15)17(23)26-18(2,3)4)16(22)24-12-14-8-6-5-7-9-14/h5-9,15H,10-12H2,1-4H3. The maximum absolute atomic E-state index is 12.4. The van der Waals surface area contributed by atoms with Crippen LogP contribution >= 0.6 is 0 Å². The van der Waals surface area contributed by atoms with Gasteiger partial charge in [0.25, 0.3) is 0 Å². The quantitative estimate of drug-likeness (QED) is 0.606. The van der Waals surface area contributed by atoms with E-state index in [0.717, 1.165) is 15.6 Å². The first kappa shape index (κ1) is 19.6. The summed E-state index contributed by atoms with van der Waals surface area (Å²) in [7, 11) is 0. The van der Waals surface area contributed by atoms with Crippen LogP contribution in [0.5, 0.6) is 0 Å². The highest BCUT2D eigenvalue weighted by Crippen LogP contribution is 2.20. The third kappa shape index (κ3) is 5.65. The van der Waals surface area contributed by atoms with Crippen molar-refractivity contribution in [3.8, 4) is 0 Å². The van der Waals surface area contributed by atoms with Crippen LogP contribution in [-0.4, -0.2) is 53.0 Å². The van der Waals surface area contributed by atoms with Crippen LogP contribution in [0.4, 0.5) is 9.59 Å². The van der Waals surface area contributed by atoms with Gasteiger partial charge in [0.1, 0.15) is 18.3 Å². The molecule has 8 nitrogen and oxygen atoms in total. The van der Waals surface area contributed by atoms with Gasteiger partial charge in [-0.1, -0.05) is 30.3 Å². The second-order valence-electron chi connectivity index (χ2n) is 6.92. The molecule has 1 aliphatic heterocycles. The molecular weight excluding hydrogens is 340 g/mol. The molecule has 0 saturated carbocycles. The van der Waals surface area contributed by atoms with E-state index < -0.39 is 29.9 Å². The Balaban J connectivity index is 2.06. The van der Waals surface area contributed by atoms with Crippen molar-refractivity contribution in [3.05, 3.63) is 35.9 Å². The van der Waals surface area contributed by atoms with Gasteiger partial charge in [0, 0.05) is 6.92 Å². The van der Waals surface area contributed by atoms with Crippen molar-refractivity contribution in [2.75, 3.05) is 13.1 Å². The summed E-state index contributed by atoms with van der Waals surface area (Å²) in [5.41, 5.74) is 0.0938. The third-order valence-electron chi connectivity index (χ3n) is 3.40.